The molecular weight excluding hydrogens is 227 g/mol. The van der Waals surface area contributed by atoms with Crippen molar-refractivity contribution in [3.63, 3.8) is 0 Å². The lowest BCUT2D eigenvalue weighted by atomic mass is 9.94. The topological polar surface area (TPSA) is 26.0 Å². The lowest BCUT2D eigenvalue weighted by molar-refractivity contribution is -0.177. The third-order valence-corrected chi connectivity index (χ3v) is 3.00. The molecule has 96 valence electrons. The van der Waals surface area contributed by atoms with Gasteiger partial charge in [-0.15, -0.1) is 0 Å². The molecular formula is C13H18F3N. The first-order valence-corrected chi connectivity index (χ1v) is 5.76. The molecule has 2 N–H and O–H groups in total. The Morgan fingerprint density at radius 1 is 1.18 bits per heavy atom. The summed E-state index contributed by atoms with van der Waals surface area (Å²) in [5.41, 5.74) is 7.25. The van der Waals surface area contributed by atoms with Crippen molar-refractivity contribution >= 4 is 0 Å². The second-order valence-electron chi connectivity index (χ2n) is 4.28. The highest BCUT2D eigenvalue weighted by atomic mass is 19.4. The lowest BCUT2D eigenvalue weighted by Gasteiger charge is -2.19. The van der Waals surface area contributed by atoms with Gasteiger partial charge in [-0.05, 0) is 43.9 Å². The summed E-state index contributed by atoms with van der Waals surface area (Å²) in [6, 6.07) is 7.54. The predicted molar refractivity (Wildman–Crippen MR) is 62.7 cm³/mol. The predicted octanol–water partition coefficient (Wildman–Crippen LogP) is 3.45. The van der Waals surface area contributed by atoms with Crippen LogP contribution in [-0.4, -0.2) is 12.7 Å². The minimum atomic E-state index is -4.14. The summed E-state index contributed by atoms with van der Waals surface area (Å²) in [7, 11) is 0. The zero-order valence-corrected chi connectivity index (χ0v) is 9.93. The van der Waals surface area contributed by atoms with E-state index in [0.717, 1.165) is 11.1 Å². The number of hydrogen-bond donors (Lipinski definition) is 1. The molecule has 0 radical (unpaired) electrons. The van der Waals surface area contributed by atoms with E-state index in [0.29, 0.717) is 6.42 Å². The van der Waals surface area contributed by atoms with E-state index < -0.39 is 12.1 Å². The molecule has 0 amide bonds. The third kappa shape index (κ3) is 4.38. The molecule has 1 unspecified atom stereocenters. The van der Waals surface area contributed by atoms with Crippen LogP contribution in [0, 0.1) is 12.8 Å². The number of nitrogens with two attached hydrogens (primary N) is 1. The molecule has 0 aromatic heterocycles. The van der Waals surface area contributed by atoms with Crippen molar-refractivity contribution in [2.24, 2.45) is 11.7 Å². The molecule has 0 heterocycles. The van der Waals surface area contributed by atoms with Crippen molar-refractivity contribution in [2.75, 3.05) is 6.54 Å². The van der Waals surface area contributed by atoms with Crippen molar-refractivity contribution in [1.82, 2.24) is 0 Å². The number of rotatable bonds is 5. The standard InChI is InChI=1S/C13H18F3N/c1-10-4-2-3-5-11(10)6-7-12(8-9-17)13(14,15)16/h2-5,12H,6-9,17H2,1H3. The van der Waals surface area contributed by atoms with E-state index in [1.54, 1.807) is 0 Å². The Hall–Kier alpha value is -1.03. The zero-order chi connectivity index (χ0) is 12.9. The highest BCUT2D eigenvalue weighted by Gasteiger charge is 2.38. The maximum Gasteiger partial charge on any atom is 0.391 e. The van der Waals surface area contributed by atoms with Gasteiger partial charge in [-0.1, -0.05) is 24.3 Å². The molecule has 0 saturated carbocycles. The molecule has 1 aromatic rings. The van der Waals surface area contributed by atoms with Crippen LogP contribution in [0.2, 0.25) is 0 Å². The molecule has 0 aliphatic rings. The van der Waals surface area contributed by atoms with E-state index in [1.807, 2.05) is 31.2 Å². The summed E-state index contributed by atoms with van der Waals surface area (Å²) >= 11 is 0. The molecule has 1 rings (SSSR count). The molecule has 0 aliphatic carbocycles. The van der Waals surface area contributed by atoms with Gasteiger partial charge in [0.1, 0.15) is 0 Å². The molecule has 0 bridgehead atoms. The van der Waals surface area contributed by atoms with E-state index in [2.05, 4.69) is 0 Å². The fraction of sp³-hybridized carbons (Fsp3) is 0.538. The highest BCUT2D eigenvalue weighted by molar-refractivity contribution is 5.25. The van der Waals surface area contributed by atoms with E-state index in [9.17, 15) is 13.2 Å². The number of alkyl halides is 3. The molecule has 1 atom stereocenters. The first kappa shape index (κ1) is 14.0. The van der Waals surface area contributed by atoms with Gasteiger partial charge >= 0.3 is 6.18 Å². The summed E-state index contributed by atoms with van der Waals surface area (Å²) in [4.78, 5) is 0. The van der Waals surface area contributed by atoms with Crippen LogP contribution >= 0.6 is 0 Å². The largest absolute Gasteiger partial charge is 0.391 e. The Morgan fingerprint density at radius 3 is 2.35 bits per heavy atom. The summed E-state index contributed by atoms with van der Waals surface area (Å²) in [5.74, 6) is -1.29. The van der Waals surface area contributed by atoms with Gasteiger partial charge in [-0.3, -0.25) is 0 Å². The van der Waals surface area contributed by atoms with Crippen LogP contribution < -0.4 is 5.73 Å². The first-order valence-electron chi connectivity index (χ1n) is 5.76. The molecule has 0 fully saturated rings. The van der Waals surface area contributed by atoms with Gasteiger partial charge in [0.05, 0.1) is 5.92 Å². The summed E-state index contributed by atoms with van der Waals surface area (Å²) in [6.07, 6.45) is -3.56. The molecule has 1 aromatic carbocycles. The first-order chi connectivity index (χ1) is 7.95. The van der Waals surface area contributed by atoms with Crippen LogP contribution in [0.3, 0.4) is 0 Å². The van der Waals surface area contributed by atoms with E-state index in [4.69, 9.17) is 5.73 Å². The SMILES string of the molecule is Cc1ccccc1CCC(CCN)C(F)(F)F. The van der Waals surface area contributed by atoms with Crippen molar-refractivity contribution in [3.8, 4) is 0 Å². The van der Waals surface area contributed by atoms with E-state index >= 15 is 0 Å². The number of benzene rings is 1. The monoisotopic (exact) mass is 245 g/mol. The maximum absolute atomic E-state index is 12.7. The molecule has 0 saturated heterocycles. The smallest absolute Gasteiger partial charge is 0.330 e. The normalized spacial score (nSPS) is 13.7. The molecule has 0 aliphatic heterocycles. The Kier molecular flexibility index (Phi) is 5.00. The average Bonchev–Trinajstić information content (AvgIpc) is 2.24. The van der Waals surface area contributed by atoms with Gasteiger partial charge in [0.2, 0.25) is 0 Å². The Morgan fingerprint density at radius 2 is 1.82 bits per heavy atom. The summed E-state index contributed by atoms with van der Waals surface area (Å²) in [5, 5.41) is 0. The molecule has 4 heteroatoms. The second kappa shape index (κ2) is 6.05. The van der Waals surface area contributed by atoms with Crippen LogP contribution in [0.15, 0.2) is 24.3 Å². The number of aryl methyl sites for hydroxylation is 2. The minimum Gasteiger partial charge on any atom is -0.330 e. The van der Waals surface area contributed by atoms with Gasteiger partial charge < -0.3 is 5.73 Å². The van der Waals surface area contributed by atoms with Crippen molar-refractivity contribution in [3.05, 3.63) is 35.4 Å². The maximum atomic E-state index is 12.7. The van der Waals surface area contributed by atoms with Crippen LogP contribution in [0.5, 0.6) is 0 Å². The van der Waals surface area contributed by atoms with Crippen LogP contribution in [-0.2, 0) is 6.42 Å². The third-order valence-electron chi connectivity index (χ3n) is 3.00. The van der Waals surface area contributed by atoms with Crippen LogP contribution in [0.4, 0.5) is 13.2 Å². The minimum absolute atomic E-state index is 0.00931. The van der Waals surface area contributed by atoms with Crippen molar-refractivity contribution in [1.29, 1.82) is 0 Å². The van der Waals surface area contributed by atoms with E-state index in [-0.39, 0.29) is 19.4 Å². The second-order valence-corrected chi connectivity index (χ2v) is 4.28. The summed E-state index contributed by atoms with van der Waals surface area (Å²) in [6.45, 7) is 2.00. The average molecular weight is 245 g/mol. The van der Waals surface area contributed by atoms with Gasteiger partial charge in [0.15, 0.2) is 0 Å². The lowest BCUT2D eigenvalue weighted by Crippen LogP contribution is -2.26. The zero-order valence-electron chi connectivity index (χ0n) is 9.93. The fourth-order valence-electron chi connectivity index (χ4n) is 1.89. The summed E-state index contributed by atoms with van der Waals surface area (Å²) < 4.78 is 38.0. The molecule has 17 heavy (non-hydrogen) atoms. The Balaban J connectivity index is 2.61. The van der Waals surface area contributed by atoms with E-state index in [1.165, 1.54) is 0 Å². The van der Waals surface area contributed by atoms with Gasteiger partial charge in [-0.25, -0.2) is 0 Å². The fourth-order valence-corrected chi connectivity index (χ4v) is 1.89. The Bertz CT molecular complexity index is 347. The Labute approximate surface area is 99.8 Å². The van der Waals surface area contributed by atoms with Crippen molar-refractivity contribution in [2.45, 2.75) is 32.4 Å². The van der Waals surface area contributed by atoms with Gasteiger partial charge in [0, 0.05) is 0 Å². The highest BCUT2D eigenvalue weighted by Crippen LogP contribution is 2.32. The number of hydrogen-bond acceptors (Lipinski definition) is 1. The quantitative estimate of drug-likeness (QED) is 0.844. The molecule has 0 spiro atoms. The van der Waals surface area contributed by atoms with Gasteiger partial charge in [-0.2, -0.15) is 13.2 Å². The number of halogens is 3. The van der Waals surface area contributed by atoms with Crippen LogP contribution in [0.1, 0.15) is 24.0 Å². The van der Waals surface area contributed by atoms with Crippen molar-refractivity contribution < 1.29 is 13.2 Å². The molecule has 1 nitrogen and oxygen atoms in total. The van der Waals surface area contributed by atoms with Crippen LogP contribution in [0.25, 0.3) is 0 Å². The van der Waals surface area contributed by atoms with Gasteiger partial charge in [0.25, 0.3) is 0 Å².